The van der Waals surface area contributed by atoms with Crippen molar-refractivity contribution < 1.29 is 4.79 Å². The van der Waals surface area contributed by atoms with Gasteiger partial charge in [0.1, 0.15) is 0 Å². The maximum atomic E-state index is 11.8. The van der Waals surface area contributed by atoms with Crippen LogP contribution in [0.1, 0.15) is 46.0 Å². The molecule has 1 aliphatic heterocycles. The SMILES string of the molecule is CCC(C)N(C)C(=O)CCC1CCCN1.Cl. The van der Waals surface area contributed by atoms with E-state index in [1.807, 2.05) is 11.9 Å². The molecule has 1 heterocycles. The summed E-state index contributed by atoms with van der Waals surface area (Å²) < 4.78 is 0. The third-order valence-electron chi connectivity index (χ3n) is 3.51. The number of halogens is 1. The fourth-order valence-electron chi connectivity index (χ4n) is 2.00. The highest BCUT2D eigenvalue weighted by atomic mass is 35.5. The number of rotatable bonds is 5. The molecule has 16 heavy (non-hydrogen) atoms. The minimum absolute atomic E-state index is 0. The van der Waals surface area contributed by atoms with Gasteiger partial charge in [-0.05, 0) is 39.2 Å². The molecule has 1 fully saturated rings. The molecular formula is C12H25ClN2O. The molecule has 2 atom stereocenters. The zero-order valence-electron chi connectivity index (χ0n) is 10.7. The standard InChI is InChI=1S/C12H24N2O.ClH/c1-4-10(2)14(3)12(15)8-7-11-6-5-9-13-11;/h10-11,13H,4-9H2,1-3H3;1H. The van der Waals surface area contributed by atoms with Crippen LogP contribution in [0.2, 0.25) is 0 Å². The molecular weight excluding hydrogens is 224 g/mol. The maximum Gasteiger partial charge on any atom is 0.222 e. The Morgan fingerprint density at radius 1 is 1.56 bits per heavy atom. The molecule has 0 aromatic heterocycles. The topological polar surface area (TPSA) is 32.3 Å². The van der Waals surface area contributed by atoms with E-state index in [0.29, 0.717) is 18.5 Å². The van der Waals surface area contributed by atoms with Crippen LogP contribution < -0.4 is 5.32 Å². The quantitative estimate of drug-likeness (QED) is 0.809. The van der Waals surface area contributed by atoms with Gasteiger partial charge in [0.15, 0.2) is 0 Å². The van der Waals surface area contributed by atoms with E-state index in [1.54, 1.807) is 0 Å². The van der Waals surface area contributed by atoms with Gasteiger partial charge in [-0.25, -0.2) is 0 Å². The molecule has 0 aromatic carbocycles. The number of carbonyl (C=O) groups excluding carboxylic acids is 1. The molecule has 96 valence electrons. The highest BCUT2D eigenvalue weighted by Gasteiger charge is 2.18. The van der Waals surface area contributed by atoms with Crippen LogP contribution in [-0.2, 0) is 4.79 Å². The van der Waals surface area contributed by atoms with Gasteiger partial charge in [-0.2, -0.15) is 0 Å². The lowest BCUT2D eigenvalue weighted by atomic mass is 10.1. The molecule has 0 aromatic rings. The normalized spacial score (nSPS) is 21.3. The summed E-state index contributed by atoms with van der Waals surface area (Å²) in [6.45, 7) is 5.35. The van der Waals surface area contributed by atoms with Crippen LogP contribution in [0.4, 0.5) is 0 Å². The average molecular weight is 249 g/mol. The van der Waals surface area contributed by atoms with Crippen molar-refractivity contribution in [3.63, 3.8) is 0 Å². The first-order valence-corrected chi connectivity index (χ1v) is 6.14. The van der Waals surface area contributed by atoms with Crippen LogP contribution in [0.25, 0.3) is 0 Å². The van der Waals surface area contributed by atoms with E-state index in [9.17, 15) is 4.79 Å². The van der Waals surface area contributed by atoms with E-state index in [4.69, 9.17) is 0 Å². The smallest absolute Gasteiger partial charge is 0.222 e. The predicted molar refractivity (Wildman–Crippen MR) is 70.0 cm³/mol. The number of nitrogens with one attached hydrogen (secondary N) is 1. The molecule has 1 N–H and O–H groups in total. The van der Waals surface area contributed by atoms with Crippen LogP contribution in [0.3, 0.4) is 0 Å². The van der Waals surface area contributed by atoms with Crippen LogP contribution in [0.15, 0.2) is 0 Å². The second-order valence-electron chi connectivity index (χ2n) is 4.59. The summed E-state index contributed by atoms with van der Waals surface area (Å²) in [7, 11) is 1.92. The predicted octanol–water partition coefficient (Wildman–Crippen LogP) is 2.20. The molecule has 0 spiro atoms. The van der Waals surface area contributed by atoms with Crippen LogP contribution in [-0.4, -0.2) is 36.5 Å². The minimum atomic E-state index is 0. The third kappa shape index (κ3) is 4.71. The molecule has 0 radical (unpaired) electrons. The number of carbonyl (C=O) groups is 1. The third-order valence-corrected chi connectivity index (χ3v) is 3.51. The molecule has 1 amide bonds. The van der Waals surface area contributed by atoms with Crippen LogP contribution in [0, 0.1) is 0 Å². The number of amides is 1. The Morgan fingerprint density at radius 3 is 2.75 bits per heavy atom. The molecule has 4 heteroatoms. The number of nitrogens with zero attached hydrogens (tertiary/aromatic N) is 1. The van der Waals surface area contributed by atoms with Gasteiger partial charge >= 0.3 is 0 Å². The average Bonchev–Trinajstić information content (AvgIpc) is 2.76. The van der Waals surface area contributed by atoms with Gasteiger partial charge in [-0.15, -0.1) is 12.4 Å². The van der Waals surface area contributed by atoms with E-state index < -0.39 is 0 Å². The Bertz CT molecular complexity index is 205. The van der Waals surface area contributed by atoms with E-state index in [-0.39, 0.29) is 18.3 Å². The zero-order valence-corrected chi connectivity index (χ0v) is 11.5. The van der Waals surface area contributed by atoms with Gasteiger partial charge in [0.25, 0.3) is 0 Å². The van der Waals surface area contributed by atoms with E-state index in [2.05, 4.69) is 19.2 Å². The summed E-state index contributed by atoms with van der Waals surface area (Å²) in [4.78, 5) is 13.7. The van der Waals surface area contributed by atoms with E-state index in [0.717, 1.165) is 19.4 Å². The van der Waals surface area contributed by atoms with Crippen LogP contribution >= 0.6 is 12.4 Å². The first-order chi connectivity index (χ1) is 7.15. The van der Waals surface area contributed by atoms with Gasteiger partial charge in [-0.3, -0.25) is 4.79 Å². The first-order valence-electron chi connectivity index (χ1n) is 6.14. The Balaban J connectivity index is 0.00000225. The number of hydrogen-bond donors (Lipinski definition) is 1. The lowest BCUT2D eigenvalue weighted by molar-refractivity contribution is -0.131. The molecule has 0 bridgehead atoms. The van der Waals surface area contributed by atoms with Crippen molar-refractivity contribution in [1.82, 2.24) is 10.2 Å². The van der Waals surface area contributed by atoms with Gasteiger partial charge in [0.05, 0.1) is 0 Å². The first kappa shape index (κ1) is 15.7. The fourth-order valence-corrected chi connectivity index (χ4v) is 2.00. The molecule has 0 saturated carbocycles. The van der Waals surface area contributed by atoms with Crippen molar-refractivity contribution >= 4 is 18.3 Å². The Morgan fingerprint density at radius 2 is 2.25 bits per heavy atom. The summed E-state index contributed by atoms with van der Waals surface area (Å²) in [5.74, 6) is 0.290. The monoisotopic (exact) mass is 248 g/mol. The van der Waals surface area contributed by atoms with Crippen molar-refractivity contribution in [2.75, 3.05) is 13.6 Å². The Labute approximate surface area is 105 Å². The Hall–Kier alpha value is -0.280. The summed E-state index contributed by atoms with van der Waals surface area (Å²) in [5.41, 5.74) is 0. The van der Waals surface area contributed by atoms with Crippen molar-refractivity contribution in [3.8, 4) is 0 Å². The van der Waals surface area contributed by atoms with Crippen LogP contribution in [0.5, 0.6) is 0 Å². The second-order valence-corrected chi connectivity index (χ2v) is 4.59. The largest absolute Gasteiger partial charge is 0.343 e. The van der Waals surface area contributed by atoms with Crippen molar-refractivity contribution in [1.29, 1.82) is 0 Å². The Kier molecular flexibility index (Phi) is 7.77. The van der Waals surface area contributed by atoms with E-state index in [1.165, 1.54) is 12.8 Å². The molecule has 1 rings (SSSR count). The molecule has 0 aliphatic carbocycles. The molecule has 3 nitrogen and oxygen atoms in total. The number of hydrogen-bond acceptors (Lipinski definition) is 2. The molecule has 2 unspecified atom stereocenters. The van der Waals surface area contributed by atoms with Gasteiger partial charge < -0.3 is 10.2 Å². The highest BCUT2D eigenvalue weighted by Crippen LogP contribution is 2.12. The van der Waals surface area contributed by atoms with Gasteiger partial charge in [0.2, 0.25) is 5.91 Å². The minimum Gasteiger partial charge on any atom is -0.343 e. The summed E-state index contributed by atoms with van der Waals surface area (Å²) in [6.07, 6.45) is 5.22. The summed E-state index contributed by atoms with van der Waals surface area (Å²) >= 11 is 0. The van der Waals surface area contributed by atoms with E-state index >= 15 is 0 Å². The maximum absolute atomic E-state index is 11.8. The lowest BCUT2D eigenvalue weighted by Crippen LogP contribution is -2.35. The second kappa shape index (κ2) is 7.91. The summed E-state index contributed by atoms with van der Waals surface area (Å²) in [6, 6.07) is 0.952. The molecule has 1 aliphatic rings. The lowest BCUT2D eigenvalue weighted by Gasteiger charge is -2.24. The molecule has 1 saturated heterocycles. The summed E-state index contributed by atoms with van der Waals surface area (Å²) in [5, 5.41) is 3.42. The van der Waals surface area contributed by atoms with Crippen molar-refractivity contribution in [2.45, 2.75) is 58.0 Å². The van der Waals surface area contributed by atoms with Crippen molar-refractivity contribution in [3.05, 3.63) is 0 Å². The highest BCUT2D eigenvalue weighted by molar-refractivity contribution is 5.85. The van der Waals surface area contributed by atoms with Crippen molar-refractivity contribution in [2.24, 2.45) is 0 Å². The fraction of sp³-hybridized carbons (Fsp3) is 0.917. The zero-order chi connectivity index (χ0) is 11.3. The van der Waals surface area contributed by atoms with Gasteiger partial charge in [-0.1, -0.05) is 6.92 Å². The van der Waals surface area contributed by atoms with Gasteiger partial charge in [0, 0.05) is 25.6 Å².